The molecule has 1 fully saturated rings. The Morgan fingerprint density at radius 3 is 2.44 bits per heavy atom. The van der Waals surface area contributed by atoms with Gasteiger partial charge in [-0.3, -0.25) is 0 Å². The second-order valence-corrected chi connectivity index (χ2v) is 6.71. The second kappa shape index (κ2) is 7.03. The molecule has 1 saturated heterocycles. The maximum Gasteiger partial charge on any atom is 0.434 e. The number of ether oxygens (including phenoxy) is 1. The van der Waals surface area contributed by atoms with Crippen molar-refractivity contribution < 1.29 is 27.8 Å². The smallest absolute Gasteiger partial charge is 0.434 e. The molecule has 1 aromatic heterocycles. The van der Waals surface area contributed by atoms with Gasteiger partial charge in [-0.25, -0.2) is 14.8 Å². The third-order valence-corrected chi connectivity index (χ3v) is 3.57. The summed E-state index contributed by atoms with van der Waals surface area (Å²) in [5.74, 6) is 0.218. The molecule has 10 heteroatoms. The molecular formula is C15H21F3N4O3. The van der Waals surface area contributed by atoms with Gasteiger partial charge in [0.15, 0.2) is 5.69 Å². The van der Waals surface area contributed by atoms with E-state index in [0.29, 0.717) is 19.3 Å². The first kappa shape index (κ1) is 19.2. The summed E-state index contributed by atoms with van der Waals surface area (Å²) in [6.07, 6.45) is -3.38. The highest BCUT2D eigenvalue weighted by Crippen LogP contribution is 2.28. The van der Waals surface area contributed by atoms with Gasteiger partial charge in [0.1, 0.15) is 11.4 Å². The van der Waals surface area contributed by atoms with Crippen LogP contribution in [0.5, 0.6) is 0 Å². The summed E-state index contributed by atoms with van der Waals surface area (Å²) in [5.41, 5.74) is -1.72. The lowest BCUT2D eigenvalue weighted by Gasteiger charge is -2.41. The van der Waals surface area contributed by atoms with Crippen molar-refractivity contribution in [1.29, 1.82) is 0 Å². The number of aromatic nitrogens is 2. The zero-order valence-electron chi connectivity index (χ0n) is 14.2. The number of hydrogen-bond acceptors (Lipinski definition) is 6. The molecule has 140 valence electrons. The average Bonchev–Trinajstić information content (AvgIpc) is 2.52. The fourth-order valence-corrected chi connectivity index (χ4v) is 2.42. The Hall–Kier alpha value is -2.10. The fraction of sp³-hybridized carbons (Fsp3) is 0.667. The Morgan fingerprint density at radius 2 is 1.96 bits per heavy atom. The van der Waals surface area contributed by atoms with Crippen molar-refractivity contribution in [2.24, 2.45) is 0 Å². The third-order valence-electron chi connectivity index (χ3n) is 3.57. The first-order valence-electron chi connectivity index (χ1n) is 7.76. The molecule has 0 spiro atoms. The zero-order valence-corrected chi connectivity index (χ0v) is 14.2. The van der Waals surface area contributed by atoms with E-state index in [2.05, 4.69) is 9.97 Å². The van der Waals surface area contributed by atoms with Gasteiger partial charge >= 0.3 is 12.3 Å². The van der Waals surface area contributed by atoms with Gasteiger partial charge in [-0.05, 0) is 20.8 Å². The molecule has 0 aliphatic carbocycles. The lowest BCUT2D eigenvalue weighted by molar-refractivity contribution is -0.141. The highest BCUT2D eigenvalue weighted by atomic mass is 19.4. The molecule has 1 aliphatic heterocycles. The largest absolute Gasteiger partial charge is 0.444 e. The normalized spacial score (nSPS) is 19.1. The van der Waals surface area contributed by atoms with E-state index >= 15 is 0 Å². The van der Waals surface area contributed by atoms with Crippen molar-refractivity contribution in [2.45, 2.75) is 38.6 Å². The molecule has 2 heterocycles. The Morgan fingerprint density at radius 1 is 1.28 bits per heavy atom. The summed E-state index contributed by atoms with van der Waals surface area (Å²) >= 11 is 0. The molecule has 1 aromatic rings. The van der Waals surface area contributed by atoms with Crippen LogP contribution in [0.4, 0.5) is 23.8 Å². The number of carbonyl (C=O) groups is 1. The van der Waals surface area contributed by atoms with E-state index in [1.165, 1.54) is 4.90 Å². The van der Waals surface area contributed by atoms with Gasteiger partial charge in [-0.1, -0.05) is 0 Å². The van der Waals surface area contributed by atoms with Crippen molar-refractivity contribution in [3.05, 3.63) is 18.1 Å². The van der Waals surface area contributed by atoms with E-state index in [-0.39, 0.29) is 19.0 Å². The van der Waals surface area contributed by atoms with Crippen LogP contribution < -0.4 is 4.90 Å². The van der Waals surface area contributed by atoms with Crippen molar-refractivity contribution in [2.75, 3.05) is 31.1 Å². The number of anilines is 1. The molecule has 0 saturated carbocycles. The van der Waals surface area contributed by atoms with Crippen molar-refractivity contribution in [3.63, 3.8) is 0 Å². The second-order valence-electron chi connectivity index (χ2n) is 6.71. The van der Waals surface area contributed by atoms with Crippen LogP contribution >= 0.6 is 0 Å². The number of rotatable bonds is 2. The van der Waals surface area contributed by atoms with Crippen LogP contribution in [0.15, 0.2) is 12.4 Å². The van der Waals surface area contributed by atoms with Gasteiger partial charge in [0.05, 0.1) is 25.0 Å². The first-order chi connectivity index (χ1) is 11.5. The van der Waals surface area contributed by atoms with Gasteiger partial charge in [0.25, 0.3) is 0 Å². The standard InChI is InChI=1S/C15H21F3N4O3/c1-14(2,3)25-13(24)21-4-5-22(10(8-21)9-23)12-7-19-11(6-20-12)15(16,17)18/h6-7,10,23H,4-5,8-9H2,1-3H3/t10-/m1/s1. The van der Waals surface area contributed by atoms with Crippen LogP contribution in [0.25, 0.3) is 0 Å². The number of amides is 1. The first-order valence-corrected chi connectivity index (χ1v) is 7.76. The van der Waals surface area contributed by atoms with Crippen LogP contribution in [0.2, 0.25) is 0 Å². The van der Waals surface area contributed by atoms with Crippen LogP contribution in [0.3, 0.4) is 0 Å². The maximum atomic E-state index is 12.6. The molecule has 0 aromatic carbocycles. The minimum Gasteiger partial charge on any atom is -0.444 e. The van der Waals surface area contributed by atoms with Crippen LogP contribution in [-0.4, -0.2) is 64.0 Å². The number of alkyl halides is 3. The van der Waals surface area contributed by atoms with E-state index in [1.807, 2.05) is 0 Å². The maximum absolute atomic E-state index is 12.6. The number of nitrogens with zero attached hydrogens (tertiary/aromatic N) is 4. The van der Waals surface area contributed by atoms with Crippen LogP contribution in [0, 0.1) is 0 Å². The SMILES string of the molecule is CC(C)(C)OC(=O)N1CCN(c2cnc(C(F)(F)F)cn2)[C@@H](CO)C1. The molecule has 1 amide bonds. The lowest BCUT2D eigenvalue weighted by atomic mass is 10.1. The summed E-state index contributed by atoms with van der Waals surface area (Å²) in [4.78, 5) is 22.4. The summed E-state index contributed by atoms with van der Waals surface area (Å²) in [6, 6.07) is -0.507. The van der Waals surface area contributed by atoms with E-state index in [0.717, 1.165) is 6.20 Å². The Balaban J connectivity index is 2.08. The highest BCUT2D eigenvalue weighted by molar-refractivity contribution is 5.68. The fourth-order valence-electron chi connectivity index (χ4n) is 2.42. The average molecular weight is 362 g/mol. The van der Waals surface area contributed by atoms with Crippen LogP contribution in [-0.2, 0) is 10.9 Å². The molecule has 0 bridgehead atoms. The van der Waals surface area contributed by atoms with Gasteiger partial charge in [-0.2, -0.15) is 13.2 Å². The third kappa shape index (κ3) is 4.94. The number of aliphatic hydroxyl groups excluding tert-OH is 1. The van der Waals surface area contributed by atoms with Gasteiger partial charge < -0.3 is 19.6 Å². The van der Waals surface area contributed by atoms with Crippen LogP contribution in [0.1, 0.15) is 26.5 Å². The van der Waals surface area contributed by atoms with E-state index < -0.39 is 29.6 Å². The number of piperazine rings is 1. The monoisotopic (exact) mass is 362 g/mol. The molecule has 0 radical (unpaired) electrons. The predicted octanol–water partition coefficient (Wildman–Crippen LogP) is 1.91. The Labute approximate surface area is 143 Å². The van der Waals surface area contributed by atoms with Crippen molar-refractivity contribution in [3.8, 4) is 0 Å². The van der Waals surface area contributed by atoms with Crippen molar-refractivity contribution in [1.82, 2.24) is 14.9 Å². The quantitative estimate of drug-likeness (QED) is 0.866. The number of hydrogen-bond donors (Lipinski definition) is 1. The van der Waals surface area contributed by atoms with Gasteiger partial charge in [0, 0.05) is 19.6 Å². The van der Waals surface area contributed by atoms with Crippen molar-refractivity contribution >= 4 is 11.9 Å². The predicted molar refractivity (Wildman–Crippen MR) is 83.1 cm³/mol. The van der Waals surface area contributed by atoms with E-state index in [4.69, 9.17) is 4.74 Å². The summed E-state index contributed by atoms with van der Waals surface area (Å²) in [7, 11) is 0. The molecule has 1 aliphatic rings. The lowest BCUT2D eigenvalue weighted by Crippen LogP contribution is -2.57. The molecule has 2 rings (SSSR count). The minimum absolute atomic E-state index is 0.175. The molecule has 7 nitrogen and oxygen atoms in total. The molecular weight excluding hydrogens is 341 g/mol. The topological polar surface area (TPSA) is 78.8 Å². The highest BCUT2D eigenvalue weighted by Gasteiger charge is 2.35. The van der Waals surface area contributed by atoms with E-state index in [9.17, 15) is 23.1 Å². The van der Waals surface area contributed by atoms with E-state index in [1.54, 1.807) is 25.7 Å². The number of halogens is 3. The molecule has 25 heavy (non-hydrogen) atoms. The van der Waals surface area contributed by atoms with Gasteiger partial charge in [0.2, 0.25) is 0 Å². The number of aliphatic hydroxyl groups is 1. The number of carbonyl (C=O) groups excluding carboxylic acids is 1. The molecule has 0 unspecified atom stereocenters. The Bertz CT molecular complexity index is 602. The molecule has 1 atom stereocenters. The Kier molecular flexibility index (Phi) is 5.40. The summed E-state index contributed by atoms with van der Waals surface area (Å²) in [5, 5.41) is 9.59. The summed E-state index contributed by atoms with van der Waals surface area (Å²) < 4.78 is 43.0. The van der Waals surface area contributed by atoms with Gasteiger partial charge in [-0.15, -0.1) is 0 Å². The molecule has 1 N–H and O–H groups in total. The summed E-state index contributed by atoms with van der Waals surface area (Å²) in [6.45, 7) is 5.74. The zero-order chi connectivity index (χ0) is 18.8. The minimum atomic E-state index is -4.56.